The lowest BCUT2D eigenvalue weighted by Crippen LogP contribution is -2.31. The maximum Gasteiger partial charge on any atom is 0.262 e. The topological polar surface area (TPSA) is 55.2 Å². The smallest absolute Gasteiger partial charge is 0.262 e. The second-order valence-electron chi connectivity index (χ2n) is 6.65. The van der Waals surface area contributed by atoms with E-state index in [4.69, 9.17) is 0 Å². The number of aromatic nitrogens is 2. The molecule has 5 nitrogen and oxygen atoms in total. The van der Waals surface area contributed by atoms with E-state index in [1.54, 1.807) is 22.8 Å². The Balaban J connectivity index is 1.60. The zero-order valence-corrected chi connectivity index (χ0v) is 18.1. The molecule has 2 aromatic heterocycles. The largest absolute Gasteiger partial charge is 0.345 e. The number of halogens is 1. The number of rotatable bonds is 6. The van der Waals surface area contributed by atoms with Gasteiger partial charge in [-0.25, -0.2) is 4.98 Å². The monoisotopic (exact) mass is 447 g/mol. The molecule has 0 atom stereocenters. The number of aryl methyl sites for hydroxylation is 3. The normalized spacial score (nSPS) is 11.1. The molecule has 0 aliphatic rings. The van der Waals surface area contributed by atoms with Crippen molar-refractivity contribution in [2.45, 2.75) is 33.2 Å². The minimum absolute atomic E-state index is 0.0253. The van der Waals surface area contributed by atoms with Gasteiger partial charge < -0.3 is 4.90 Å². The Labute approximate surface area is 170 Å². The molecular weight excluding hydrogens is 426 g/mol. The third-order valence-electron chi connectivity index (χ3n) is 4.80. The Morgan fingerprint density at radius 2 is 1.96 bits per heavy atom. The van der Waals surface area contributed by atoms with E-state index in [1.807, 2.05) is 38.1 Å². The van der Waals surface area contributed by atoms with Crippen molar-refractivity contribution in [2.75, 3.05) is 13.6 Å². The molecule has 27 heavy (non-hydrogen) atoms. The summed E-state index contributed by atoms with van der Waals surface area (Å²) in [6, 6.07) is 8.10. The molecule has 7 heteroatoms. The Kier molecular flexibility index (Phi) is 6.11. The van der Waals surface area contributed by atoms with Crippen molar-refractivity contribution in [3.8, 4) is 0 Å². The van der Waals surface area contributed by atoms with Crippen molar-refractivity contribution >= 4 is 43.4 Å². The molecule has 0 aliphatic carbocycles. The fourth-order valence-electron chi connectivity index (χ4n) is 2.91. The van der Waals surface area contributed by atoms with Gasteiger partial charge in [-0.1, -0.05) is 28.1 Å². The Morgan fingerprint density at radius 3 is 2.67 bits per heavy atom. The highest BCUT2D eigenvalue weighted by Gasteiger charge is 2.14. The van der Waals surface area contributed by atoms with Crippen molar-refractivity contribution in [3.05, 3.63) is 61.4 Å². The molecule has 142 valence electrons. The van der Waals surface area contributed by atoms with Crippen LogP contribution in [-0.4, -0.2) is 34.0 Å². The molecule has 0 unspecified atom stereocenters. The molecule has 0 saturated heterocycles. The number of fused-ring (bicyclic) bond motifs is 1. The van der Waals surface area contributed by atoms with Crippen molar-refractivity contribution in [1.29, 1.82) is 0 Å². The van der Waals surface area contributed by atoms with Crippen molar-refractivity contribution < 1.29 is 4.79 Å². The first-order valence-corrected chi connectivity index (χ1v) is 10.4. The van der Waals surface area contributed by atoms with E-state index in [1.165, 1.54) is 16.9 Å². The highest BCUT2D eigenvalue weighted by atomic mass is 79.9. The lowest BCUT2D eigenvalue weighted by Gasteiger charge is -2.17. The van der Waals surface area contributed by atoms with E-state index in [2.05, 4.69) is 20.9 Å². The number of nitrogens with zero attached hydrogens (tertiary/aromatic N) is 3. The summed E-state index contributed by atoms with van der Waals surface area (Å²) >= 11 is 4.95. The second-order valence-corrected chi connectivity index (χ2v) is 8.77. The quantitative estimate of drug-likeness (QED) is 0.574. The number of carbonyl (C=O) groups excluding carboxylic acids is 1. The Morgan fingerprint density at radius 1 is 1.26 bits per heavy atom. The standard InChI is InChI=1S/C20H22BrN3O2S/c1-13-14(2)27-19-18(13)20(26)24(12-22-19)11-9-17(25)23(3)10-8-15-4-6-16(21)7-5-15/h4-7,12H,8-11H2,1-3H3. The summed E-state index contributed by atoms with van der Waals surface area (Å²) in [5.41, 5.74) is 2.11. The van der Waals surface area contributed by atoms with Crippen molar-refractivity contribution in [2.24, 2.45) is 0 Å². The number of carbonyl (C=O) groups is 1. The van der Waals surface area contributed by atoms with Crippen LogP contribution in [0.5, 0.6) is 0 Å². The molecule has 0 N–H and O–H groups in total. The molecule has 1 aromatic carbocycles. The van der Waals surface area contributed by atoms with Crippen LogP contribution < -0.4 is 5.56 Å². The number of thiophene rings is 1. The van der Waals surface area contributed by atoms with Gasteiger partial charge in [-0.3, -0.25) is 14.2 Å². The molecule has 0 fully saturated rings. The predicted octanol–water partition coefficient (Wildman–Crippen LogP) is 3.93. The van der Waals surface area contributed by atoms with Gasteiger partial charge in [0.2, 0.25) is 5.91 Å². The summed E-state index contributed by atoms with van der Waals surface area (Å²) < 4.78 is 2.59. The highest BCUT2D eigenvalue weighted by Crippen LogP contribution is 2.25. The molecular formula is C20H22BrN3O2S. The molecule has 0 bridgehead atoms. The fourth-order valence-corrected chi connectivity index (χ4v) is 4.16. The number of amides is 1. The van der Waals surface area contributed by atoms with E-state index < -0.39 is 0 Å². The van der Waals surface area contributed by atoms with Crippen molar-refractivity contribution in [1.82, 2.24) is 14.5 Å². The van der Waals surface area contributed by atoms with Gasteiger partial charge in [0, 0.05) is 35.9 Å². The van der Waals surface area contributed by atoms with Crippen LogP contribution in [-0.2, 0) is 17.8 Å². The van der Waals surface area contributed by atoms with Crippen LogP contribution in [0.1, 0.15) is 22.4 Å². The fraction of sp³-hybridized carbons (Fsp3) is 0.350. The van der Waals surface area contributed by atoms with Crippen LogP contribution in [0.15, 0.2) is 39.9 Å². The van der Waals surface area contributed by atoms with Crippen LogP contribution in [0, 0.1) is 13.8 Å². The van der Waals surface area contributed by atoms with Crippen LogP contribution in [0.4, 0.5) is 0 Å². The predicted molar refractivity (Wildman–Crippen MR) is 113 cm³/mol. The van der Waals surface area contributed by atoms with E-state index in [9.17, 15) is 9.59 Å². The van der Waals surface area contributed by atoms with Gasteiger partial charge in [-0.2, -0.15) is 0 Å². The summed E-state index contributed by atoms with van der Waals surface area (Å²) in [5.74, 6) is 0.0253. The van der Waals surface area contributed by atoms with Crippen LogP contribution in [0.2, 0.25) is 0 Å². The van der Waals surface area contributed by atoms with Crippen molar-refractivity contribution in [3.63, 3.8) is 0 Å². The van der Waals surface area contributed by atoms with E-state index in [-0.39, 0.29) is 17.9 Å². The van der Waals surface area contributed by atoms with Gasteiger partial charge >= 0.3 is 0 Å². The van der Waals surface area contributed by atoms with Crippen LogP contribution >= 0.6 is 27.3 Å². The van der Waals surface area contributed by atoms with E-state index >= 15 is 0 Å². The maximum atomic E-state index is 12.7. The highest BCUT2D eigenvalue weighted by molar-refractivity contribution is 9.10. The minimum atomic E-state index is -0.0628. The number of hydrogen-bond donors (Lipinski definition) is 0. The molecule has 0 spiro atoms. The third-order valence-corrected chi connectivity index (χ3v) is 6.44. The molecule has 0 radical (unpaired) electrons. The molecule has 3 aromatic rings. The molecule has 3 rings (SSSR count). The van der Waals surface area contributed by atoms with Gasteiger partial charge in [0.15, 0.2) is 0 Å². The average Bonchev–Trinajstić information content (AvgIpc) is 2.95. The Hall–Kier alpha value is -1.99. The van der Waals surface area contributed by atoms with Crippen LogP contribution in [0.3, 0.4) is 0 Å². The number of hydrogen-bond acceptors (Lipinski definition) is 4. The summed E-state index contributed by atoms with van der Waals surface area (Å²) in [6.07, 6.45) is 2.64. The lowest BCUT2D eigenvalue weighted by molar-refractivity contribution is -0.130. The molecule has 2 heterocycles. The van der Waals surface area contributed by atoms with Crippen LogP contribution in [0.25, 0.3) is 10.2 Å². The lowest BCUT2D eigenvalue weighted by atomic mass is 10.1. The van der Waals surface area contributed by atoms with Gasteiger partial charge in [-0.05, 0) is 43.5 Å². The van der Waals surface area contributed by atoms with E-state index in [0.717, 1.165) is 26.2 Å². The minimum Gasteiger partial charge on any atom is -0.345 e. The van der Waals surface area contributed by atoms with E-state index in [0.29, 0.717) is 18.5 Å². The molecule has 1 amide bonds. The SMILES string of the molecule is Cc1sc2ncn(CCC(=O)N(C)CCc3ccc(Br)cc3)c(=O)c2c1C. The number of benzene rings is 1. The zero-order chi connectivity index (χ0) is 19.6. The van der Waals surface area contributed by atoms with Gasteiger partial charge in [-0.15, -0.1) is 11.3 Å². The van der Waals surface area contributed by atoms with Gasteiger partial charge in [0.1, 0.15) is 4.83 Å². The summed E-state index contributed by atoms with van der Waals surface area (Å²) in [7, 11) is 1.80. The number of likely N-dealkylation sites (N-methyl/N-ethyl adjacent to an activating group) is 1. The third kappa shape index (κ3) is 4.47. The molecule has 0 aliphatic heterocycles. The first-order chi connectivity index (χ1) is 12.9. The van der Waals surface area contributed by atoms with Gasteiger partial charge in [0.05, 0.1) is 11.7 Å². The first kappa shape index (κ1) is 19.8. The second kappa shape index (κ2) is 8.35. The van der Waals surface area contributed by atoms with Gasteiger partial charge in [0.25, 0.3) is 5.56 Å². The molecule has 0 saturated carbocycles. The average molecular weight is 448 g/mol. The zero-order valence-electron chi connectivity index (χ0n) is 15.7. The first-order valence-electron chi connectivity index (χ1n) is 8.80. The Bertz CT molecular complexity index is 1020. The summed E-state index contributed by atoms with van der Waals surface area (Å²) in [4.78, 5) is 33.1. The summed E-state index contributed by atoms with van der Waals surface area (Å²) in [6.45, 7) is 4.94. The maximum absolute atomic E-state index is 12.7. The summed E-state index contributed by atoms with van der Waals surface area (Å²) in [5, 5.41) is 0.677.